The molecular formula is C20H28FN3O4. The second kappa shape index (κ2) is 7.58. The van der Waals surface area contributed by atoms with E-state index in [9.17, 15) is 9.59 Å². The van der Waals surface area contributed by atoms with E-state index in [0.717, 1.165) is 27.7 Å². The summed E-state index contributed by atoms with van der Waals surface area (Å²) in [6.45, 7) is -5.02. The van der Waals surface area contributed by atoms with Gasteiger partial charge in [-0.05, 0) is 45.8 Å². The first-order valence-electron chi connectivity index (χ1n) is 14.6. The molecule has 0 spiro atoms. The molecule has 0 bridgehead atoms. The Bertz CT molecular complexity index is 1270. The Labute approximate surface area is 183 Å². The number of morpholine rings is 1. The molecule has 8 heteroatoms. The zero-order valence-corrected chi connectivity index (χ0v) is 15.9. The second-order valence-electron chi connectivity index (χ2n) is 6.47. The number of hydrogen-bond acceptors (Lipinski definition) is 5. The zero-order chi connectivity index (χ0) is 32.3. The van der Waals surface area contributed by atoms with Gasteiger partial charge in [0, 0.05) is 19.9 Å². The Morgan fingerprint density at radius 2 is 2.29 bits per heavy atom. The molecule has 2 amide bonds. The van der Waals surface area contributed by atoms with Crippen LogP contribution in [0.3, 0.4) is 0 Å². The summed E-state index contributed by atoms with van der Waals surface area (Å²) in [7, 11) is 0. The van der Waals surface area contributed by atoms with E-state index in [-0.39, 0.29) is 15.1 Å². The fraction of sp³-hybridized carbons (Fsp3) is 0.600. The summed E-state index contributed by atoms with van der Waals surface area (Å²) in [5.41, 5.74) is -4.45. The largest absolute Gasteiger partial charge is 0.442 e. The lowest BCUT2D eigenvalue weighted by atomic mass is 10.0. The minimum atomic E-state index is -3.50. The van der Waals surface area contributed by atoms with Gasteiger partial charge in [0.2, 0.25) is 5.91 Å². The number of anilines is 2. The minimum Gasteiger partial charge on any atom is -0.442 e. The highest BCUT2D eigenvalue weighted by Crippen LogP contribution is 2.33. The number of nitrogens with one attached hydrogen (secondary N) is 1. The molecule has 154 valence electrons. The van der Waals surface area contributed by atoms with Crippen LogP contribution in [0.25, 0.3) is 0 Å². The van der Waals surface area contributed by atoms with Crippen molar-refractivity contribution in [3.8, 4) is 0 Å². The molecule has 3 rings (SSSR count). The SMILES string of the molecule is [2H]c1c([2H])c(N2C(=O)O[C@@]([2H])(C([2H])([2H])N([2H])C(C)=O)C2([2H])C)c([2H])c(F)c1N1C([2H])([2H])C([2H])(C)OC(C)(C)C1([2H])[2H]. The molecule has 2 heterocycles. The summed E-state index contributed by atoms with van der Waals surface area (Å²) in [6.07, 6.45) is -7.75. The third kappa shape index (κ3) is 4.22. The predicted molar refractivity (Wildman–Crippen MR) is 104 cm³/mol. The summed E-state index contributed by atoms with van der Waals surface area (Å²) >= 11 is 0. The third-order valence-corrected chi connectivity index (χ3v) is 3.59. The van der Waals surface area contributed by atoms with Crippen molar-refractivity contribution < 1.29 is 41.3 Å². The van der Waals surface area contributed by atoms with Crippen molar-refractivity contribution >= 4 is 23.4 Å². The van der Waals surface area contributed by atoms with Crippen LogP contribution >= 0.6 is 0 Å². The smallest absolute Gasteiger partial charge is 0.415 e. The number of benzene rings is 1. The van der Waals surface area contributed by atoms with E-state index in [4.69, 9.17) is 27.3 Å². The summed E-state index contributed by atoms with van der Waals surface area (Å²) in [5, 5.41) is -0.353. The minimum absolute atomic E-state index is 0.0303. The maximum absolute atomic E-state index is 16.1. The monoisotopic (exact) mass is 406 g/mol. The first-order chi connectivity index (χ1) is 18.1. The predicted octanol–water partition coefficient (Wildman–Crippen LogP) is 2.68. The Morgan fingerprint density at radius 3 is 2.96 bits per heavy atom. The number of carbonyl (C=O) groups excluding carboxylic acids is 2. The number of cyclic esters (lactones) is 1. The van der Waals surface area contributed by atoms with Crippen LogP contribution < -0.4 is 15.1 Å². The lowest BCUT2D eigenvalue weighted by Gasteiger charge is -2.43. The summed E-state index contributed by atoms with van der Waals surface area (Å²) < 4.78 is 135. The molecule has 2 saturated heterocycles. The Morgan fingerprint density at radius 1 is 1.57 bits per heavy atom. The Balaban J connectivity index is 2.33. The van der Waals surface area contributed by atoms with Crippen LogP contribution in [0.1, 0.15) is 51.1 Å². The second-order valence-corrected chi connectivity index (χ2v) is 6.47. The van der Waals surface area contributed by atoms with E-state index in [1.165, 1.54) is 0 Å². The van der Waals surface area contributed by atoms with Gasteiger partial charge in [0.05, 0.1) is 52.0 Å². The average molecular weight is 407 g/mol. The summed E-state index contributed by atoms with van der Waals surface area (Å²) in [4.78, 5) is 24.7. The number of nitrogens with zero attached hydrogens (tertiary/aromatic N) is 2. The summed E-state index contributed by atoms with van der Waals surface area (Å²) in [6, 6.07) is -6.98. The Hall–Kier alpha value is -2.35. The van der Waals surface area contributed by atoms with E-state index < -0.39 is 90.6 Å². The molecular weight excluding hydrogens is 365 g/mol. The molecule has 1 N–H and O–H groups in total. The molecule has 2 fully saturated rings. The number of halogens is 1. The fourth-order valence-electron chi connectivity index (χ4n) is 2.57. The van der Waals surface area contributed by atoms with Crippen LogP contribution in [0.5, 0.6) is 0 Å². The van der Waals surface area contributed by atoms with Gasteiger partial charge in [-0.15, -0.1) is 0 Å². The van der Waals surface area contributed by atoms with Crippen molar-refractivity contribution in [2.24, 2.45) is 0 Å². The first kappa shape index (κ1) is 9.43. The number of rotatable bonds is 4. The van der Waals surface area contributed by atoms with Gasteiger partial charge >= 0.3 is 6.09 Å². The lowest BCUT2D eigenvalue weighted by molar-refractivity contribution is -0.119. The first-order valence-corrected chi connectivity index (χ1v) is 8.20. The molecule has 1 aromatic carbocycles. The van der Waals surface area contributed by atoms with Crippen LogP contribution in [-0.4, -0.2) is 55.3 Å². The van der Waals surface area contributed by atoms with E-state index in [2.05, 4.69) is 0 Å². The van der Waals surface area contributed by atoms with E-state index in [1.807, 2.05) is 0 Å². The van der Waals surface area contributed by atoms with Crippen molar-refractivity contribution in [3.05, 3.63) is 23.9 Å². The highest BCUT2D eigenvalue weighted by Gasteiger charge is 2.40. The molecule has 2 aliphatic heterocycles. The van der Waals surface area contributed by atoms with E-state index in [0.29, 0.717) is 6.92 Å². The fourth-order valence-corrected chi connectivity index (χ4v) is 2.57. The topological polar surface area (TPSA) is 71.1 Å². The van der Waals surface area contributed by atoms with E-state index in [1.54, 1.807) is 0 Å². The zero-order valence-electron chi connectivity index (χ0n) is 28.9. The van der Waals surface area contributed by atoms with Crippen molar-refractivity contribution in [1.29, 1.82) is 0 Å². The average Bonchev–Trinajstić information content (AvgIpc) is 2.98. The van der Waals surface area contributed by atoms with Crippen LogP contribution in [0.15, 0.2) is 18.1 Å². The van der Waals surface area contributed by atoms with Gasteiger partial charge in [0.15, 0.2) is 1.41 Å². The normalized spacial score (nSPS) is 45.6. The van der Waals surface area contributed by atoms with Gasteiger partial charge in [-0.1, -0.05) is 0 Å². The van der Waals surface area contributed by atoms with Crippen LogP contribution in [0.2, 0.25) is 1.41 Å². The molecule has 0 radical (unpaired) electrons. The molecule has 0 saturated carbocycles. The highest BCUT2D eigenvalue weighted by atomic mass is 19.1. The maximum Gasteiger partial charge on any atom is 0.415 e. The van der Waals surface area contributed by atoms with Gasteiger partial charge in [-0.2, -0.15) is 0 Å². The lowest BCUT2D eigenvalue weighted by Crippen LogP contribution is -2.52. The molecule has 28 heavy (non-hydrogen) atoms. The number of carbonyl (C=O) groups is 2. The molecule has 0 aromatic heterocycles. The maximum atomic E-state index is 16.1. The summed E-state index contributed by atoms with van der Waals surface area (Å²) in [5.74, 6) is -3.08. The molecule has 2 aliphatic rings. The molecule has 1 aromatic rings. The van der Waals surface area contributed by atoms with Crippen molar-refractivity contribution in [2.45, 2.75) is 58.4 Å². The molecule has 2 unspecified atom stereocenters. The van der Waals surface area contributed by atoms with Gasteiger partial charge in [-0.3, -0.25) is 9.69 Å². The number of hydrogen-bond donors (Lipinski definition) is 1. The van der Waals surface area contributed by atoms with Crippen LogP contribution in [0, 0.1) is 5.82 Å². The molecule has 7 nitrogen and oxygen atoms in total. The van der Waals surface area contributed by atoms with Crippen LogP contribution in [-0.2, 0) is 14.3 Å². The quantitative estimate of drug-likeness (QED) is 0.832. The van der Waals surface area contributed by atoms with Gasteiger partial charge in [0.25, 0.3) is 0 Å². The molecule has 3 atom stereocenters. The third-order valence-electron chi connectivity index (χ3n) is 3.59. The highest BCUT2D eigenvalue weighted by molar-refractivity contribution is 5.91. The standard InChI is InChI=1S/C20H28FN3O4/c1-12-10-23(11-20(4,5)28-12)17-7-6-15(8-16(17)21)24-13(2)18(27-19(24)26)9-22-14(3)25/h6-8,12-13,18H,9-11H2,1-5H3,(H,22,25)/t12?,13?,18-/m0/s1/i6D,7D,8D,9D2,10D2,11D2,12D,13D,18D/hD. The van der Waals surface area contributed by atoms with Gasteiger partial charge in [-0.25, -0.2) is 9.18 Å². The Kier molecular flexibility index (Phi) is 2.55. The van der Waals surface area contributed by atoms with Crippen molar-refractivity contribution in [1.82, 2.24) is 5.31 Å². The van der Waals surface area contributed by atoms with Crippen molar-refractivity contribution in [2.75, 3.05) is 29.3 Å². The van der Waals surface area contributed by atoms with Crippen LogP contribution in [0.4, 0.5) is 20.6 Å². The number of amides is 2. The van der Waals surface area contributed by atoms with Crippen molar-refractivity contribution in [3.63, 3.8) is 0 Å². The van der Waals surface area contributed by atoms with Gasteiger partial charge in [0.1, 0.15) is 11.9 Å². The van der Waals surface area contributed by atoms with Gasteiger partial charge < -0.3 is 19.7 Å². The van der Waals surface area contributed by atoms with E-state index >= 15 is 4.39 Å². The number of ether oxygens (including phenoxy) is 2. The molecule has 0 aliphatic carbocycles.